The molecule has 0 unspecified atom stereocenters. The number of nitrogens with zero attached hydrogens (tertiary/aromatic N) is 1. The summed E-state index contributed by atoms with van der Waals surface area (Å²) in [6, 6.07) is 12.2. The number of halogens is 2. The van der Waals surface area contributed by atoms with E-state index >= 15 is 0 Å². The van der Waals surface area contributed by atoms with Crippen LogP contribution in [0, 0.1) is 0 Å². The molecular formula is C23H30Cl2N2O2. The van der Waals surface area contributed by atoms with E-state index in [1.54, 1.807) is 0 Å². The number of benzene rings is 2. The minimum Gasteiger partial charge on any atom is -0.490 e. The van der Waals surface area contributed by atoms with Gasteiger partial charge >= 0.3 is 0 Å². The van der Waals surface area contributed by atoms with Crippen molar-refractivity contribution in [2.45, 2.75) is 45.9 Å². The van der Waals surface area contributed by atoms with Gasteiger partial charge in [-0.1, -0.05) is 42.3 Å². The first kappa shape index (κ1) is 22.2. The van der Waals surface area contributed by atoms with Gasteiger partial charge in [0.2, 0.25) is 0 Å². The standard InChI is InChI=1S/C23H30Cl2N2O2/c1-3-27-10-6-9-20(27)15-26-14-18-12-21(25)23(22(13-18)28-4-2)29-16-17-7-5-8-19(24)11-17/h5,7-8,11-13,20,26H,3-4,6,9-10,14-16H2,1-2H3/t20-/m0/s1. The van der Waals surface area contributed by atoms with Crippen LogP contribution in [0.15, 0.2) is 36.4 Å². The molecule has 1 atom stereocenters. The first-order valence-corrected chi connectivity index (χ1v) is 11.1. The van der Waals surface area contributed by atoms with E-state index in [-0.39, 0.29) is 0 Å². The van der Waals surface area contributed by atoms with Crippen LogP contribution >= 0.6 is 23.2 Å². The molecular weight excluding hydrogens is 407 g/mol. The van der Waals surface area contributed by atoms with Crippen molar-refractivity contribution in [1.82, 2.24) is 10.2 Å². The van der Waals surface area contributed by atoms with Crippen LogP contribution in [0.5, 0.6) is 11.5 Å². The van der Waals surface area contributed by atoms with Gasteiger partial charge in [0.15, 0.2) is 11.5 Å². The second kappa shape index (κ2) is 11.1. The Labute approximate surface area is 184 Å². The molecule has 29 heavy (non-hydrogen) atoms. The van der Waals surface area contributed by atoms with Crippen LogP contribution < -0.4 is 14.8 Å². The molecule has 0 spiro atoms. The van der Waals surface area contributed by atoms with E-state index in [0.29, 0.717) is 40.8 Å². The fourth-order valence-corrected chi connectivity index (χ4v) is 4.34. The largest absolute Gasteiger partial charge is 0.490 e. The Morgan fingerprint density at radius 3 is 2.72 bits per heavy atom. The molecule has 0 radical (unpaired) electrons. The number of hydrogen-bond acceptors (Lipinski definition) is 4. The van der Waals surface area contributed by atoms with E-state index < -0.39 is 0 Å². The molecule has 1 fully saturated rings. The number of ether oxygens (including phenoxy) is 2. The molecule has 1 heterocycles. The first-order valence-electron chi connectivity index (χ1n) is 10.4. The number of likely N-dealkylation sites (tertiary alicyclic amines) is 1. The van der Waals surface area contributed by atoms with E-state index in [1.165, 1.54) is 19.4 Å². The van der Waals surface area contributed by atoms with Crippen LogP contribution in [0.1, 0.15) is 37.8 Å². The summed E-state index contributed by atoms with van der Waals surface area (Å²) in [5, 5.41) is 4.83. The third kappa shape index (κ3) is 6.26. The monoisotopic (exact) mass is 436 g/mol. The van der Waals surface area contributed by atoms with Gasteiger partial charge in [0.05, 0.1) is 11.6 Å². The van der Waals surface area contributed by atoms with Crippen LogP contribution in [0.2, 0.25) is 10.0 Å². The number of rotatable bonds is 10. The molecule has 0 aliphatic carbocycles. The summed E-state index contributed by atoms with van der Waals surface area (Å²) >= 11 is 12.6. The fraction of sp³-hybridized carbons (Fsp3) is 0.478. The van der Waals surface area contributed by atoms with Crippen molar-refractivity contribution >= 4 is 23.2 Å². The van der Waals surface area contributed by atoms with Crippen molar-refractivity contribution in [3.8, 4) is 11.5 Å². The van der Waals surface area contributed by atoms with Crippen molar-refractivity contribution in [1.29, 1.82) is 0 Å². The van der Waals surface area contributed by atoms with E-state index in [9.17, 15) is 0 Å². The summed E-state index contributed by atoms with van der Waals surface area (Å²) in [6.07, 6.45) is 2.56. The lowest BCUT2D eigenvalue weighted by Gasteiger charge is -2.23. The van der Waals surface area contributed by atoms with Crippen molar-refractivity contribution in [3.05, 3.63) is 57.6 Å². The predicted molar refractivity (Wildman–Crippen MR) is 120 cm³/mol. The molecule has 1 aliphatic rings. The molecule has 2 aromatic rings. The van der Waals surface area contributed by atoms with Crippen LogP contribution in [-0.4, -0.2) is 37.2 Å². The van der Waals surface area contributed by atoms with Gasteiger partial charge in [-0.05, 0) is 68.2 Å². The lowest BCUT2D eigenvalue weighted by atomic mass is 10.1. The van der Waals surface area contributed by atoms with Crippen LogP contribution in [0.25, 0.3) is 0 Å². The fourth-order valence-electron chi connectivity index (χ4n) is 3.83. The molecule has 0 aromatic heterocycles. The maximum Gasteiger partial charge on any atom is 0.180 e. The van der Waals surface area contributed by atoms with Crippen LogP contribution in [0.3, 0.4) is 0 Å². The van der Waals surface area contributed by atoms with Gasteiger partial charge in [0, 0.05) is 24.2 Å². The van der Waals surface area contributed by atoms with Gasteiger partial charge in [-0.15, -0.1) is 0 Å². The molecule has 1 N–H and O–H groups in total. The maximum atomic E-state index is 6.55. The van der Waals surface area contributed by atoms with Crippen molar-refractivity contribution in [3.63, 3.8) is 0 Å². The zero-order chi connectivity index (χ0) is 20.6. The average Bonchev–Trinajstić information content (AvgIpc) is 3.15. The highest BCUT2D eigenvalue weighted by atomic mass is 35.5. The summed E-state index contributed by atoms with van der Waals surface area (Å²) in [5.74, 6) is 1.25. The van der Waals surface area contributed by atoms with Crippen LogP contribution in [-0.2, 0) is 13.2 Å². The molecule has 4 nitrogen and oxygen atoms in total. The Morgan fingerprint density at radius 2 is 1.97 bits per heavy atom. The van der Waals surface area contributed by atoms with Gasteiger partial charge < -0.3 is 14.8 Å². The van der Waals surface area contributed by atoms with Crippen molar-refractivity contribution in [2.24, 2.45) is 0 Å². The lowest BCUT2D eigenvalue weighted by molar-refractivity contribution is 0.259. The number of likely N-dealkylation sites (N-methyl/N-ethyl adjacent to an activating group) is 1. The molecule has 158 valence electrons. The molecule has 0 saturated carbocycles. The van der Waals surface area contributed by atoms with Gasteiger partial charge in [-0.25, -0.2) is 0 Å². The zero-order valence-corrected chi connectivity index (χ0v) is 18.7. The SMILES string of the molecule is CCOc1cc(CNC[C@@H]2CCCN2CC)cc(Cl)c1OCc1cccc(Cl)c1. The van der Waals surface area contributed by atoms with Gasteiger partial charge in [-0.3, -0.25) is 4.90 Å². The summed E-state index contributed by atoms with van der Waals surface area (Å²) in [6.45, 7) is 9.19. The average molecular weight is 437 g/mol. The lowest BCUT2D eigenvalue weighted by Crippen LogP contribution is -2.37. The third-order valence-electron chi connectivity index (χ3n) is 5.26. The quantitative estimate of drug-likeness (QED) is 0.529. The second-order valence-corrected chi connectivity index (χ2v) is 8.16. The molecule has 1 aliphatic heterocycles. The Kier molecular flexibility index (Phi) is 8.49. The topological polar surface area (TPSA) is 33.7 Å². The molecule has 6 heteroatoms. The summed E-state index contributed by atoms with van der Waals surface area (Å²) in [7, 11) is 0. The second-order valence-electron chi connectivity index (χ2n) is 7.31. The Hall–Kier alpha value is -1.46. The Morgan fingerprint density at radius 1 is 1.10 bits per heavy atom. The molecule has 3 rings (SSSR count). The maximum absolute atomic E-state index is 6.55. The minimum atomic E-state index is 0.381. The summed E-state index contributed by atoms with van der Waals surface area (Å²) in [4.78, 5) is 2.54. The smallest absolute Gasteiger partial charge is 0.180 e. The minimum absolute atomic E-state index is 0.381. The molecule has 1 saturated heterocycles. The van der Waals surface area contributed by atoms with Crippen molar-refractivity contribution in [2.75, 3.05) is 26.2 Å². The van der Waals surface area contributed by atoms with Gasteiger partial charge in [-0.2, -0.15) is 0 Å². The summed E-state index contributed by atoms with van der Waals surface area (Å²) < 4.78 is 11.8. The molecule has 0 amide bonds. The highest BCUT2D eigenvalue weighted by molar-refractivity contribution is 6.32. The van der Waals surface area contributed by atoms with E-state index in [2.05, 4.69) is 17.1 Å². The van der Waals surface area contributed by atoms with Gasteiger partial charge in [0.25, 0.3) is 0 Å². The highest BCUT2D eigenvalue weighted by Crippen LogP contribution is 2.37. The van der Waals surface area contributed by atoms with E-state index in [1.807, 2.05) is 43.3 Å². The van der Waals surface area contributed by atoms with Crippen LogP contribution in [0.4, 0.5) is 0 Å². The van der Waals surface area contributed by atoms with Gasteiger partial charge in [0.1, 0.15) is 6.61 Å². The number of nitrogens with one attached hydrogen (secondary N) is 1. The molecule has 2 aromatic carbocycles. The summed E-state index contributed by atoms with van der Waals surface area (Å²) in [5.41, 5.74) is 2.08. The zero-order valence-electron chi connectivity index (χ0n) is 17.2. The Balaban J connectivity index is 1.64. The van der Waals surface area contributed by atoms with Crippen molar-refractivity contribution < 1.29 is 9.47 Å². The normalized spacial score (nSPS) is 16.9. The first-order chi connectivity index (χ1) is 14.1. The van der Waals surface area contributed by atoms with E-state index in [4.69, 9.17) is 32.7 Å². The highest BCUT2D eigenvalue weighted by Gasteiger charge is 2.22. The van der Waals surface area contributed by atoms with E-state index in [0.717, 1.165) is 30.8 Å². The Bertz CT molecular complexity index is 800. The number of hydrogen-bond donors (Lipinski definition) is 1. The predicted octanol–water partition coefficient (Wildman–Crippen LogP) is 5.55. The molecule has 0 bridgehead atoms. The third-order valence-corrected chi connectivity index (χ3v) is 5.77.